The second kappa shape index (κ2) is 6.15. The highest BCUT2D eigenvalue weighted by molar-refractivity contribution is 6.02. The lowest BCUT2D eigenvalue weighted by Crippen LogP contribution is -2.46. The fourth-order valence-electron chi connectivity index (χ4n) is 2.54. The Morgan fingerprint density at radius 2 is 1.91 bits per heavy atom. The summed E-state index contributed by atoms with van der Waals surface area (Å²) in [6, 6.07) is 2.29. The lowest BCUT2D eigenvalue weighted by molar-refractivity contribution is -0.141. The quantitative estimate of drug-likeness (QED) is 0.830. The summed E-state index contributed by atoms with van der Waals surface area (Å²) < 4.78 is 39.2. The number of rotatable bonds is 2. The molecule has 1 fully saturated rings. The van der Waals surface area contributed by atoms with Gasteiger partial charge in [0.1, 0.15) is 17.2 Å². The van der Waals surface area contributed by atoms with Gasteiger partial charge < -0.3 is 15.5 Å². The van der Waals surface area contributed by atoms with E-state index in [0.29, 0.717) is 45.1 Å². The van der Waals surface area contributed by atoms with Crippen LogP contribution in [0.25, 0.3) is 0 Å². The molecule has 6 nitrogen and oxygen atoms in total. The number of halogens is 3. The van der Waals surface area contributed by atoms with Crippen LogP contribution < -0.4 is 10.6 Å². The van der Waals surface area contributed by atoms with Crippen molar-refractivity contribution in [2.45, 2.75) is 6.18 Å². The van der Waals surface area contributed by atoms with Crippen LogP contribution in [0.15, 0.2) is 17.1 Å². The van der Waals surface area contributed by atoms with Gasteiger partial charge in [0.05, 0.1) is 6.54 Å². The van der Waals surface area contributed by atoms with Gasteiger partial charge in [-0.25, -0.2) is 4.98 Å². The van der Waals surface area contributed by atoms with Crippen molar-refractivity contribution in [2.75, 3.05) is 39.3 Å². The van der Waals surface area contributed by atoms with Gasteiger partial charge in [0.2, 0.25) is 0 Å². The minimum absolute atomic E-state index is 0.201. The predicted octanol–water partition coefficient (Wildman–Crippen LogP) is 0.496. The number of aromatic nitrogens is 1. The number of aliphatic imine (C=N–C) groups is 1. The average Bonchev–Trinajstić information content (AvgIpc) is 3.08. The van der Waals surface area contributed by atoms with E-state index in [0.717, 1.165) is 6.07 Å². The highest BCUT2D eigenvalue weighted by atomic mass is 19.4. The van der Waals surface area contributed by atoms with Crippen molar-refractivity contribution in [3.8, 4) is 0 Å². The van der Waals surface area contributed by atoms with Crippen LogP contribution in [-0.2, 0) is 6.18 Å². The molecule has 2 aliphatic rings. The Morgan fingerprint density at radius 3 is 2.52 bits per heavy atom. The Balaban J connectivity index is 1.97. The number of hydrogen-bond acceptors (Lipinski definition) is 5. The zero-order valence-corrected chi connectivity index (χ0v) is 12.3. The van der Waals surface area contributed by atoms with Gasteiger partial charge in [-0.3, -0.25) is 9.79 Å². The summed E-state index contributed by atoms with van der Waals surface area (Å²) in [5, 5.41) is 6.01. The lowest BCUT2D eigenvalue weighted by Gasteiger charge is -2.27. The molecular formula is C14H16F3N5O. The molecule has 3 heterocycles. The first kappa shape index (κ1) is 15.7. The van der Waals surface area contributed by atoms with Crippen LogP contribution in [0.3, 0.4) is 0 Å². The molecule has 0 unspecified atom stereocenters. The number of alkyl halides is 3. The van der Waals surface area contributed by atoms with Gasteiger partial charge in [0.15, 0.2) is 0 Å². The topological polar surface area (TPSA) is 69.6 Å². The van der Waals surface area contributed by atoms with E-state index in [1.54, 1.807) is 0 Å². The first-order chi connectivity index (χ1) is 10.9. The van der Waals surface area contributed by atoms with E-state index in [1.165, 1.54) is 11.0 Å². The van der Waals surface area contributed by atoms with Crippen LogP contribution in [0.1, 0.15) is 21.7 Å². The van der Waals surface area contributed by atoms with E-state index in [-0.39, 0.29) is 11.3 Å². The number of amidine groups is 1. The van der Waals surface area contributed by atoms with Gasteiger partial charge in [-0.15, -0.1) is 0 Å². The Kier molecular flexibility index (Phi) is 4.20. The number of carbonyl (C=O) groups excluding carboxylic acids is 1. The molecule has 0 radical (unpaired) electrons. The van der Waals surface area contributed by atoms with Crippen LogP contribution in [-0.4, -0.2) is 60.9 Å². The zero-order valence-electron chi connectivity index (χ0n) is 12.3. The summed E-state index contributed by atoms with van der Waals surface area (Å²) in [5.74, 6) is -0.121. The van der Waals surface area contributed by atoms with Crippen molar-refractivity contribution in [1.29, 1.82) is 0 Å². The van der Waals surface area contributed by atoms with Crippen molar-refractivity contribution in [3.05, 3.63) is 29.1 Å². The second-order valence-electron chi connectivity index (χ2n) is 5.32. The molecule has 0 atom stereocenters. The molecule has 2 N–H and O–H groups in total. The van der Waals surface area contributed by atoms with Crippen molar-refractivity contribution < 1.29 is 18.0 Å². The monoisotopic (exact) mass is 327 g/mol. The molecule has 1 saturated heterocycles. The highest BCUT2D eigenvalue weighted by Gasteiger charge is 2.35. The summed E-state index contributed by atoms with van der Waals surface area (Å²) in [6.07, 6.45) is -4.62. The molecular weight excluding hydrogens is 311 g/mol. The van der Waals surface area contributed by atoms with Gasteiger partial charge >= 0.3 is 6.18 Å². The third-order valence-electron chi connectivity index (χ3n) is 3.69. The first-order valence-electron chi connectivity index (χ1n) is 7.33. The van der Waals surface area contributed by atoms with Gasteiger partial charge in [-0.1, -0.05) is 0 Å². The molecule has 9 heteroatoms. The molecule has 3 rings (SSSR count). The number of piperazine rings is 1. The Morgan fingerprint density at radius 1 is 1.17 bits per heavy atom. The minimum Gasteiger partial charge on any atom is -0.368 e. The van der Waals surface area contributed by atoms with Crippen LogP contribution in [0.2, 0.25) is 0 Å². The standard InChI is InChI=1S/C14H16F3N5O/c15-14(16,17)11-8-9(12-19-1-2-20-12)7-10(21-11)13(23)22-5-3-18-4-6-22/h7-8,18H,1-6H2,(H,19,20). The Hall–Kier alpha value is -2.16. The van der Waals surface area contributed by atoms with E-state index in [4.69, 9.17) is 0 Å². The van der Waals surface area contributed by atoms with Crippen molar-refractivity contribution in [2.24, 2.45) is 4.99 Å². The maximum atomic E-state index is 13.1. The molecule has 0 spiro atoms. The minimum atomic E-state index is -4.62. The summed E-state index contributed by atoms with van der Waals surface area (Å²) in [6.45, 7) is 3.20. The molecule has 0 saturated carbocycles. The molecule has 0 aliphatic carbocycles. The van der Waals surface area contributed by atoms with Gasteiger partial charge in [-0.05, 0) is 12.1 Å². The normalized spacial score (nSPS) is 18.6. The van der Waals surface area contributed by atoms with Crippen molar-refractivity contribution >= 4 is 11.7 Å². The smallest absolute Gasteiger partial charge is 0.368 e. The van der Waals surface area contributed by atoms with Crippen molar-refractivity contribution in [1.82, 2.24) is 20.5 Å². The molecule has 0 bridgehead atoms. The summed E-state index contributed by atoms with van der Waals surface area (Å²) in [7, 11) is 0. The number of nitrogens with one attached hydrogen (secondary N) is 2. The molecule has 2 aliphatic heterocycles. The fourth-order valence-corrected chi connectivity index (χ4v) is 2.54. The Bertz CT molecular complexity index is 638. The summed E-state index contributed by atoms with van der Waals surface area (Å²) in [5.41, 5.74) is -1.04. The van der Waals surface area contributed by atoms with Crippen molar-refractivity contribution in [3.63, 3.8) is 0 Å². The number of nitrogens with zero attached hydrogens (tertiary/aromatic N) is 3. The van der Waals surface area contributed by atoms with Gasteiger partial charge in [0, 0.05) is 38.3 Å². The van der Waals surface area contributed by atoms with E-state index >= 15 is 0 Å². The molecule has 23 heavy (non-hydrogen) atoms. The molecule has 1 aromatic rings. The molecule has 1 amide bonds. The fraction of sp³-hybridized carbons (Fsp3) is 0.500. The molecule has 0 aromatic carbocycles. The van der Waals surface area contributed by atoms with Crippen LogP contribution in [0, 0.1) is 0 Å². The summed E-state index contributed by atoms with van der Waals surface area (Å²) in [4.78, 5) is 21.6. The average molecular weight is 327 g/mol. The third-order valence-corrected chi connectivity index (χ3v) is 3.69. The van der Waals surface area contributed by atoms with Crippen LogP contribution >= 0.6 is 0 Å². The number of pyridine rings is 1. The van der Waals surface area contributed by atoms with Crippen LogP contribution in [0.5, 0.6) is 0 Å². The zero-order chi connectivity index (χ0) is 16.4. The SMILES string of the molecule is O=C(c1cc(C2=NCCN2)cc(C(F)(F)F)n1)N1CCNCC1. The van der Waals surface area contributed by atoms with Crippen LogP contribution in [0.4, 0.5) is 13.2 Å². The lowest BCUT2D eigenvalue weighted by atomic mass is 10.1. The van der Waals surface area contributed by atoms with Gasteiger partial charge in [0.25, 0.3) is 5.91 Å². The third kappa shape index (κ3) is 3.44. The summed E-state index contributed by atoms with van der Waals surface area (Å²) >= 11 is 0. The van der Waals surface area contributed by atoms with E-state index in [2.05, 4.69) is 20.6 Å². The Labute approximate surface area is 130 Å². The van der Waals surface area contributed by atoms with E-state index < -0.39 is 17.8 Å². The largest absolute Gasteiger partial charge is 0.433 e. The predicted molar refractivity (Wildman–Crippen MR) is 77.4 cm³/mol. The maximum absolute atomic E-state index is 13.1. The second-order valence-corrected chi connectivity index (χ2v) is 5.32. The number of carbonyl (C=O) groups is 1. The number of amides is 1. The molecule has 124 valence electrons. The first-order valence-corrected chi connectivity index (χ1v) is 7.33. The maximum Gasteiger partial charge on any atom is 0.433 e. The molecule has 1 aromatic heterocycles. The van der Waals surface area contributed by atoms with E-state index in [1.807, 2.05) is 0 Å². The number of hydrogen-bond donors (Lipinski definition) is 2. The van der Waals surface area contributed by atoms with Gasteiger partial charge in [-0.2, -0.15) is 13.2 Å². The highest BCUT2D eigenvalue weighted by Crippen LogP contribution is 2.29. The van der Waals surface area contributed by atoms with E-state index in [9.17, 15) is 18.0 Å².